The molecule has 0 aliphatic rings. The van der Waals surface area contributed by atoms with Gasteiger partial charge in [0.25, 0.3) is 0 Å². The van der Waals surface area contributed by atoms with Crippen molar-refractivity contribution in [2.75, 3.05) is 0 Å². The molecule has 116 valence electrons. The van der Waals surface area contributed by atoms with E-state index >= 15 is 0 Å². The van der Waals surface area contributed by atoms with E-state index in [9.17, 15) is 0 Å². The van der Waals surface area contributed by atoms with Crippen LogP contribution in [-0.4, -0.2) is 9.55 Å². The minimum absolute atomic E-state index is 1.18. The molecular weight excluding hydrogens is 292 g/mol. The quantitative estimate of drug-likeness (QED) is 0.487. The molecule has 0 amide bonds. The second-order valence-electron chi connectivity index (χ2n) is 5.84. The largest absolute Gasteiger partial charge is 0.305 e. The summed E-state index contributed by atoms with van der Waals surface area (Å²) in [5.74, 6) is 0. The van der Waals surface area contributed by atoms with E-state index in [2.05, 4.69) is 77.1 Å². The summed E-state index contributed by atoms with van der Waals surface area (Å²) in [6.07, 6.45) is 5.69. The highest BCUT2D eigenvalue weighted by molar-refractivity contribution is 5.82. The number of rotatable bonds is 3. The van der Waals surface area contributed by atoms with Gasteiger partial charge in [-0.1, -0.05) is 72.8 Å². The van der Waals surface area contributed by atoms with E-state index in [1.807, 2.05) is 30.9 Å². The van der Waals surface area contributed by atoms with Crippen LogP contribution in [0.3, 0.4) is 0 Å². The molecule has 0 radical (unpaired) electrons. The summed E-state index contributed by atoms with van der Waals surface area (Å²) in [6, 6.07) is 25.4. The van der Waals surface area contributed by atoms with E-state index in [-0.39, 0.29) is 0 Å². The molecule has 24 heavy (non-hydrogen) atoms. The molecule has 0 aliphatic heterocycles. The van der Waals surface area contributed by atoms with E-state index in [4.69, 9.17) is 0 Å². The predicted octanol–water partition coefficient (Wildman–Crippen LogP) is 5.51. The van der Waals surface area contributed by atoms with Crippen LogP contribution in [0.15, 0.2) is 91.5 Å². The molecular formula is C22H18N2. The van der Waals surface area contributed by atoms with Crippen molar-refractivity contribution in [2.45, 2.75) is 6.92 Å². The highest BCUT2D eigenvalue weighted by Crippen LogP contribution is 2.35. The van der Waals surface area contributed by atoms with Crippen LogP contribution in [0.2, 0.25) is 0 Å². The molecule has 0 spiro atoms. The predicted molar refractivity (Wildman–Crippen MR) is 99.2 cm³/mol. The number of aromatic nitrogens is 2. The van der Waals surface area contributed by atoms with Gasteiger partial charge in [-0.15, -0.1) is 0 Å². The summed E-state index contributed by atoms with van der Waals surface area (Å²) in [7, 11) is 0. The van der Waals surface area contributed by atoms with Gasteiger partial charge in [-0.05, 0) is 29.2 Å². The van der Waals surface area contributed by atoms with Gasteiger partial charge in [0.1, 0.15) is 0 Å². The van der Waals surface area contributed by atoms with Crippen molar-refractivity contribution in [2.24, 2.45) is 0 Å². The van der Waals surface area contributed by atoms with E-state index in [1.54, 1.807) is 0 Å². The third-order valence-electron chi connectivity index (χ3n) is 4.36. The van der Waals surface area contributed by atoms with Crippen molar-refractivity contribution in [1.82, 2.24) is 9.55 Å². The summed E-state index contributed by atoms with van der Waals surface area (Å²) < 4.78 is 2.10. The minimum Gasteiger partial charge on any atom is -0.305 e. The van der Waals surface area contributed by atoms with Crippen molar-refractivity contribution >= 4 is 0 Å². The zero-order valence-electron chi connectivity index (χ0n) is 13.6. The summed E-state index contributed by atoms with van der Waals surface area (Å²) >= 11 is 0. The monoisotopic (exact) mass is 310 g/mol. The Labute approximate surface area is 142 Å². The van der Waals surface area contributed by atoms with E-state index in [0.29, 0.717) is 0 Å². The molecule has 0 aliphatic carbocycles. The average molecular weight is 310 g/mol. The molecule has 0 N–H and O–H groups in total. The molecule has 1 aromatic heterocycles. The van der Waals surface area contributed by atoms with E-state index in [0.717, 1.165) is 0 Å². The molecule has 0 saturated heterocycles. The van der Waals surface area contributed by atoms with Crippen molar-refractivity contribution in [1.29, 1.82) is 0 Å². The Bertz CT molecular complexity index is 940. The topological polar surface area (TPSA) is 17.8 Å². The Balaban J connectivity index is 1.98. The van der Waals surface area contributed by atoms with Gasteiger partial charge < -0.3 is 4.57 Å². The van der Waals surface area contributed by atoms with Crippen molar-refractivity contribution in [3.05, 3.63) is 97.1 Å². The maximum absolute atomic E-state index is 4.24. The Kier molecular flexibility index (Phi) is 3.72. The Morgan fingerprint density at radius 1 is 0.708 bits per heavy atom. The summed E-state index contributed by atoms with van der Waals surface area (Å²) in [6.45, 7) is 2.18. The normalized spacial score (nSPS) is 10.7. The number of nitrogens with zero attached hydrogens (tertiary/aromatic N) is 2. The maximum atomic E-state index is 4.24. The van der Waals surface area contributed by atoms with Gasteiger partial charge in [-0.3, -0.25) is 0 Å². The number of hydrogen-bond acceptors (Lipinski definition) is 1. The first kappa shape index (κ1) is 14.5. The lowest BCUT2D eigenvalue weighted by Gasteiger charge is -2.17. The third-order valence-corrected chi connectivity index (χ3v) is 4.36. The average Bonchev–Trinajstić information content (AvgIpc) is 3.17. The van der Waals surface area contributed by atoms with Gasteiger partial charge in [-0.25, -0.2) is 4.98 Å². The van der Waals surface area contributed by atoms with Crippen LogP contribution in [0.1, 0.15) is 5.56 Å². The number of benzene rings is 3. The highest BCUT2D eigenvalue weighted by Gasteiger charge is 2.14. The molecule has 0 unspecified atom stereocenters. The fourth-order valence-corrected chi connectivity index (χ4v) is 3.21. The number of imidazole rings is 1. The van der Waals surface area contributed by atoms with Crippen LogP contribution in [0, 0.1) is 6.92 Å². The smallest absolute Gasteiger partial charge is 0.0992 e. The van der Waals surface area contributed by atoms with Crippen LogP contribution >= 0.6 is 0 Å². The van der Waals surface area contributed by atoms with Crippen molar-refractivity contribution < 1.29 is 0 Å². The van der Waals surface area contributed by atoms with Crippen molar-refractivity contribution in [3.8, 4) is 27.9 Å². The van der Waals surface area contributed by atoms with Crippen molar-refractivity contribution in [3.63, 3.8) is 0 Å². The lowest BCUT2D eigenvalue weighted by molar-refractivity contribution is 1.04. The van der Waals surface area contributed by atoms with Crippen LogP contribution in [-0.2, 0) is 0 Å². The molecule has 0 fully saturated rings. The molecule has 2 nitrogen and oxygen atoms in total. The van der Waals surface area contributed by atoms with Gasteiger partial charge in [0.05, 0.1) is 12.0 Å². The Hall–Kier alpha value is -3.13. The third kappa shape index (κ3) is 2.52. The van der Waals surface area contributed by atoms with E-state index in [1.165, 1.54) is 33.5 Å². The fraction of sp³-hybridized carbons (Fsp3) is 0.0455. The molecule has 2 heteroatoms. The molecule has 0 atom stereocenters. The van der Waals surface area contributed by atoms with Gasteiger partial charge in [0, 0.05) is 18.0 Å². The lowest BCUT2D eigenvalue weighted by Crippen LogP contribution is -2.00. The maximum Gasteiger partial charge on any atom is 0.0992 e. The zero-order valence-corrected chi connectivity index (χ0v) is 13.6. The SMILES string of the molecule is Cc1c(-c2ccccc2)ccc(-c2ccccc2)c1-n1ccnc1. The number of hydrogen-bond donors (Lipinski definition) is 0. The molecule has 0 saturated carbocycles. The van der Waals surface area contributed by atoms with Gasteiger partial charge in [0.15, 0.2) is 0 Å². The summed E-state index contributed by atoms with van der Waals surface area (Å²) in [5.41, 5.74) is 7.34. The van der Waals surface area contributed by atoms with Crippen LogP contribution in [0.4, 0.5) is 0 Å². The first-order chi connectivity index (χ1) is 11.8. The summed E-state index contributed by atoms with van der Waals surface area (Å²) in [5, 5.41) is 0. The molecule has 3 aromatic carbocycles. The van der Waals surface area contributed by atoms with Crippen LogP contribution in [0.25, 0.3) is 27.9 Å². The minimum atomic E-state index is 1.18. The standard InChI is InChI=1S/C22H18N2/c1-17-20(18-8-4-2-5-9-18)12-13-21(19-10-6-3-7-11-19)22(17)24-15-14-23-16-24/h2-16H,1H3. The molecule has 0 bridgehead atoms. The second-order valence-corrected chi connectivity index (χ2v) is 5.84. The van der Waals surface area contributed by atoms with Crippen LogP contribution < -0.4 is 0 Å². The zero-order chi connectivity index (χ0) is 16.4. The molecule has 1 heterocycles. The van der Waals surface area contributed by atoms with E-state index < -0.39 is 0 Å². The Morgan fingerprint density at radius 3 is 1.88 bits per heavy atom. The second kappa shape index (κ2) is 6.17. The molecule has 4 aromatic rings. The first-order valence-corrected chi connectivity index (χ1v) is 8.07. The van der Waals surface area contributed by atoms with Gasteiger partial charge in [0.2, 0.25) is 0 Å². The fourth-order valence-electron chi connectivity index (χ4n) is 3.21. The van der Waals surface area contributed by atoms with Crippen LogP contribution in [0.5, 0.6) is 0 Å². The highest BCUT2D eigenvalue weighted by atomic mass is 15.0. The van der Waals surface area contributed by atoms with Gasteiger partial charge >= 0.3 is 0 Å². The first-order valence-electron chi connectivity index (χ1n) is 8.07. The Morgan fingerprint density at radius 2 is 1.29 bits per heavy atom. The summed E-state index contributed by atoms with van der Waals surface area (Å²) in [4.78, 5) is 4.24. The van der Waals surface area contributed by atoms with Gasteiger partial charge in [-0.2, -0.15) is 0 Å². The lowest BCUT2D eigenvalue weighted by atomic mass is 9.93. The molecule has 4 rings (SSSR count).